The zero-order valence-electron chi connectivity index (χ0n) is 9.29. The topological polar surface area (TPSA) is 29.1 Å². The highest BCUT2D eigenvalue weighted by Crippen LogP contribution is 2.37. The Kier molecular flexibility index (Phi) is 2.76. The molecule has 1 amide bonds. The van der Waals surface area contributed by atoms with Crippen molar-refractivity contribution in [1.82, 2.24) is 5.32 Å². The van der Waals surface area contributed by atoms with Crippen molar-refractivity contribution in [2.75, 3.05) is 0 Å². The fourth-order valence-electron chi connectivity index (χ4n) is 1.81. The van der Waals surface area contributed by atoms with Crippen LogP contribution in [0.4, 0.5) is 0 Å². The molecule has 2 nitrogen and oxygen atoms in total. The Hall–Kier alpha value is -1.31. The minimum absolute atomic E-state index is 0.214. The molecule has 1 aromatic carbocycles. The fraction of sp³-hybridized carbons (Fsp3) is 0.462. The van der Waals surface area contributed by atoms with Crippen LogP contribution < -0.4 is 5.32 Å². The maximum absolute atomic E-state index is 11.6. The van der Waals surface area contributed by atoms with Crippen LogP contribution in [0.5, 0.6) is 0 Å². The molecule has 1 aliphatic rings. The van der Waals surface area contributed by atoms with Gasteiger partial charge in [-0.15, -0.1) is 0 Å². The Morgan fingerprint density at radius 1 is 1.47 bits per heavy atom. The molecular weight excluding hydrogens is 186 g/mol. The van der Waals surface area contributed by atoms with E-state index in [0.29, 0.717) is 12.5 Å². The Bertz CT molecular complexity index is 373. The van der Waals surface area contributed by atoms with Crippen molar-refractivity contribution in [2.24, 2.45) is 11.8 Å². The van der Waals surface area contributed by atoms with E-state index in [1.165, 1.54) is 11.1 Å². The Balaban J connectivity index is 1.88. The van der Waals surface area contributed by atoms with Crippen molar-refractivity contribution in [3.05, 3.63) is 35.4 Å². The molecule has 2 rings (SSSR count). The van der Waals surface area contributed by atoms with Gasteiger partial charge >= 0.3 is 0 Å². The molecule has 0 aromatic heterocycles. The van der Waals surface area contributed by atoms with Crippen molar-refractivity contribution in [1.29, 1.82) is 0 Å². The highest BCUT2D eigenvalue weighted by Gasteiger charge is 2.38. The zero-order valence-corrected chi connectivity index (χ0v) is 9.29. The molecule has 0 saturated heterocycles. The molecule has 1 N–H and O–H groups in total. The first-order valence-electron chi connectivity index (χ1n) is 5.50. The van der Waals surface area contributed by atoms with Gasteiger partial charge in [0.1, 0.15) is 0 Å². The molecule has 15 heavy (non-hydrogen) atoms. The van der Waals surface area contributed by atoms with Gasteiger partial charge in [-0.25, -0.2) is 0 Å². The summed E-state index contributed by atoms with van der Waals surface area (Å²) in [5.74, 6) is 1.07. The van der Waals surface area contributed by atoms with Crippen molar-refractivity contribution < 1.29 is 4.79 Å². The van der Waals surface area contributed by atoms with Gasteiger partial charge in [-0.1, -0.05) is 31.2 Å². The zero-order chi connectivity index (χ0) is 10.8. The fourth-order valence-corrected chi connectivity index (χ4v) is 1.81. The normalized spacial score (nSPS) is 23.6. The highest BCUT2D eigenvalue weighted by atomic mass is 16.2. The van der Waals surface area contributed by atoms with Crippen LogP contribution in [0.1, 0.15) is 24.5 Å². The summed E-state index contributed by atoms with van der Waals surface area (Å²) in [7, 11) is 0. The molecule has 1 aromatic rings. The lowest BCUT2D eigenvalue weighted by atomic mass is 10.1. The lowest BCUT2D eigenvalue weighted by Gasteiger charge is -2.07. The molecule has 0 aliphatic heterocycles. The van der Waals surface area contributed by atoms with Crippen molar-refractivity contribution in [3.8, 4) is 0 Å². The lowest BCUT2D eigenvalue weighted by molar-refractivity contribution is -0.122. The molecule has 2 heteroatoms. The molecule has 0 heterocycles. The minimum atomic E-state index is 0.214. The molecular formula is C13H17NO. The van der Waals surface area contributed by atoms with Crippen molar-refractivity contribution in [2.45, 2.75) is 26.8 Å². The van der Waals surface area contributed by atoms with Gasteiger partial charge in [-0.3, -0.25) is 4.79 Å². The van der Waals surface area contributed by atoms with Gasteiger partial charge in [0.2, 0.25) is 5.91 Å². The molecule has 0 unspecified atom stereocenters. The summed E-state index contributed by atoms with van der Waals surface area (Å²) in [5.41, 5.74) is 2.45. The summed E-state index contributed by atoms with van der Waals surface area (Å²) in [6.45, 7) is 4.86. The van der Waals surface area contributed by atoms with Crippen LogP contribution in [0.15, 0.2) is 24.3 Å². The van der Waals surface area contributed by atoms with Crippen LogP contribution in [0.25, 0.3) is 0 Å². The highest BCUT2D eigenvalue weighted by molar-refractivity contribution is 5.81. The monoisotopic (exact) mass is 203 g/mol. The number of hydrogen-bond donors (Lipinski definition) is 1. The summed E-state index contributed by atoms with van der Waals surface area (Å²) in [5, 5.41) is 2.99. The molecule has 2 atom stereocenters. The summed E-state index contributed by atoms with van der Waals surface area (Å²) < 4.78 is 0. The third-order valence-electron chi connectivity index (χ3n) is 3.16. The minimum Gasteiger partial charge on any atom is -0.352 e. The maximum Gasteiger partial charge on any atom is 0.223 e. The summed E-state index contributed by atoms with van der Waals surface area (Å²) >= 11 is 0. The first kappa shape index (κ1) is 10.2. The number of aryl methyl sites for hydroxylation is 1. The smallest absolute Gasteiger partial charge is 0.223 e. The SMILES string of the molecule is Cc1ccccc1CNC(=O)[C@@H]1C[C@@H]1C. The number of amides is 1. The van der Waals surface area contributed by atoms with Gasteiger partial charge in [0.15, 0.2) is 0 Å². The van der Waals surface area contributed by atoms with Gasteiger partial charge in [0.25, 0.3) is 0 Å². The number of hydrogen-bond acceptors (Lipinski definition) is 1. The average Bonchev–Trinajstić information content (AvgIpc) is 2.94. The Morgan fingerprint density at radius 3 is 2.73 bits per heavy atom. The molecule has 1 fully saturated rings. The van der Waals surface area contributed by atoms with Gasteiger partial charge in [-0.05, 0) is 30.4 Å². The average molecular weight is 203 g/mol. The largest absolute Gasteiger partial charge is 0.352 e. The van der Waals surface area contributed by atoms with Crippen molar-refractivity contribution >= 4 is 5.91 Å². The quantitative estimate of drug-likeness (QED) is 0.802. The van der Waals surface area contributed by atoms with E-state index in [4.69, 9.17) is 0 Å². The van der Waals surface area contributed by atoms with Crippen LogP contribution in [-0.4, -0.2) is 5.91 Å². The third-order valence-corrected chi connectivity index (χ3v) is 3.16. The predicted octanol–water partition coefficient (Wildman–Crippen LogP) is 2.27. The second kappa shape index (κ2) is 4.05. The molecule has 0 spiro atoms. The van der Waals surface area contributed by atoms with Crippen molar-refractivity contribution in [3.63, 3.8) is 0 Å². The second-order valence-corrected chi connectivity index (χ2v) is 4.46. The van der Waals surface area contributed by atoms with E-state index in [-0.39, 0.29) is 11.8 Å². The lowest BCUT2D eigenvalue weighted by Crippen LogP contribution is -2.25. The van der Waals surface area contributed by atoms with E-state index in [0.717, 1.165) is 6.42 Å². The van der Waals surface area contributed by atoms with Gasteiger partial charge in [0.05, 0.1) is 0 Å². The van der Waals surface area contributed by atoms with Crippen LogP contribution in [0.2, 0.25) is 0 Å². The summed E-state index contributed by atoms with van der Waals surface area (Å²) in [6.07, 6.45) is 1.06. The van der Waals surface area contributed by atoms with Crippen LogP contribution in [-0.2, 0) is 11.3 Å². The number of nitrogens with one attached hydrogen (secondary N) is 1. The van der Waals surface area contributed by atoms with E-state index in [9.17, 15) is 4.79 Å². The number of benzene rings is 1. The van der Waals surface area contributed by atoms with E-state index in [1.54, 1.807) is 0 Å². The standard InChI is InChI=1S/C13H17NO/c1-9-5-3-4-6-11(9)8-14-13(15)12-7-10(12)2/h3-6,10,12H,7-8H2,1-2H3,(H,14,15)/t10-,12+/m0/s1. The third kappa shape index (κ3) is 2.38. The first-order chi connectivity index (χ1) is 7.18. The molecule has 0 bridgehead atoms. The summed E-state index contributed by atoms with van der Waals surface area (Å²) in [6, 6.07) is 8.16. The first-order valence-corrected chi connectivity index (χ1v) is 5.50. The van der Waals surface area contributed by atoms with Crippen LogP contribution in [0, 0.1) is 18.8 Å². The number of carbonyl (C=O) groups is 1. The Morgan fingerprint density at radius 2 is 2.13 bits per heavy atom. The van der Waals surface area contributed by atoms with Gasteiger partial charge in [0, 0.05) is 12.5 Å². The van der Waals surface area contributed by atoms with Gasteiger partial charge in [-0.2, -0.15) is 0 Å². The van der Waals surface area contributed by atoms with E-state index >= 15 is 0 Å². The molecule has 0 radical (unpaired) electrons. The second-order valence-electron chi connectivity index (χ2n) is 4.46. The predicted molar refractivity (Wildman–Crippen MR) is 60.3 cm³/mol. The van der Waals surface area contributed by atoms with E-state index in [2.05, 4.69) is 31.3 Å². The van der Waals surface area contributed by atoms with Crippen LogP contribution in [0.3, 0.4) is 0 Å². The molecule has 1 aliphatic carbocycles. The van der Waals surface area contributed by atoms with E-state index in [1.807, 2.05) is 12.1 Å². The van der Waals surface area contributed by atoms with Crippen LogP contribution >= 0.6 is 0 Å². The maximum atomic E-state index is 11.6. The molecule has 80 valence electrons. The number of rotatable bonds is 3. The summed E-state index contributed by atoms with van der Waals surface area (Å²) in [4.78, 5) is 11.6. The number of carbonyl (C=O) groups excluding carboxylic acids is 1. The Labute approximate surface area is 90.7 Å². The molecule has 1 saturated carbocycles. The van der Waals surface area contributed by atoms with Gasteiger partial charge < -0.3 is 5.32 Å². The van der Waals surface area contributed by atoms with E-state index < -0.39 is 0 Å².